The fraction of sp³-hybridized carbons (Fsp3) is 0.750. The number of ether oxygens (including phenoxy) is 1. The zero-order valence-corrected chi connectivity index (χ0v) is 15.0. The normalized spacial score (nSPS) is 22.3. The zero-order chi connectivity index (χ0) is 17.1. The van der Waals surface area contributed by atoms with Crippen molar-refractivity contribution >= 4 is 23.8 Å². The number of imide groups is 1. The van der Waals surface area contributed by atoms with E-state index in [2.05, 4.69) is 20.8 Å². The van der Waals surface area contributed by atoms with Gasteiger partial charge in [-0.2, -0.15) is 0 Å². The average Bonchev–Trinajstić information content (AvgIpc) is 2.77. The van der Waals surface area contributed by atoms with Crippen molar-refractivity contribution in [1.29, 1.82) is 0 Å². The summed E-state index contributed by atoms with van der Waals surface area (Å²) in [5.74, 6) is -0.963. The summed E-state index contributed by atoms with van der Waals surface area (Å²) in [7, 11) is 0. The summed E-state index contributed by atoms with van der Waals surface area (Å²) in [5, 5.41) is 12.0. The standard InChI is InChI=1S/C16H27NO4S/c1-10(2)12-9-21-15(20)17(12)14(19)11(3)13(18)7-8-22-16(4,5)6/h7-8,10-13,18H,9H2,1-6H3/b8-7+/t11-,12-,13+/m1/s1. The van der Waals surface area contributed by atoms with Crippen LogP contribution in [0.3, 0.4) is 0 Å². The van der Waals surface area contributed by atoms with Gasteiger partial charge in [-0.1, -0.05) is 41.5 Å². The van der Waals surface area contributed by atoms with Crippen LogP contribution in [0.4, 0.5) is 4.79 Å². The molecule has 5 nitrogen and oxygen atoms in total. The summed E-state index contributed by atoms with van der Waals surface area (Å²) in [6.07, 6.45) is 0.0592. The van der Waals surface area contributed by atoms with Crippen molar-refractivity contribution in [3.63, 3.8) is 0 Å². The van der Waals surface area contributed by atoms with Crippen LogP contribution in [-0.2, 0) is 9.53 Å². The van der Waals surface area contributed by atoms with Crippen molar-refractivity contribution in [2.24, 2.45) is 11.8 Å². The second-order valence-corrected chi connectivity index (χ2v) is 8.67. The van der Waals surface area contributed by atoms with Gasteiger partial charge in [-0.3, -0.25) is 4.79 Å². The molecule has 0 radical (unpaired) electrons. The van der Waals surface area contributed by atoms with E-state index >= 15 is 0 Å². The molecule has 1 aliphatic rings. The Balaban J connectivity index is 2.73. The monoisotopic (exact) mass is 329 g/mol. The minimum absolute atomic E-state index is 0.0466. The summed E-state index contributed by atoms with van der Waals surface area (Å²) in [6, 6.07) is -0.262. The molecule has 2 amide bonds. The van der Waals surface area contributed by atoms with Gasteiger partial charge in [0.1, 0.15) is 6.61 Å². The van der Waals surface area contributed by atoms with Gasteiger partial charge in [-0.05, 0) is 17.4 Å². The molecule has 3 atom stereocenters. The minimum Gasteiger partial charge on any atom is -0.447 e. The van der Waals surface area contributed by atoms with Gasteiger partial charge in [-0.25, -0.2) is 9.69 Å². The van der Waals surface area contributed by atoms with E-state index in [1.165, 1.54) is 0 Å². The van der Waals surface area contributed by atoms with Gasteiger partial charge in [0.2, 0.25) is 5.91 Å². The van der Waals surface area contributed by atoms with Gasteiger partial charge < -0.3 is 9.84 Å². The molecule has 1 saturated heterocycles. The molecule has 1 N–H and O–H groups in total. The van der Waals surface area contributed by atoms with Crippen LogP contribution in [0.2, 0.25) is 0 Å². The summed E-state index contributed by atoms with van der Waals surface area (Å²) in [4.78, 5) is 25.4. The van der Waals surface area contributed by atoms with E-state index in [9.17, 15) is 14.7 Å². The first-order valence-electron chi connectivity index (χ1n) is 7.57. The number of aliphatic hydroxyl groups is 1. The molecule has 6 heteroatoms. The van der Waals surface area contributed by atoms with Crippen molar-refractivity contribution in [1.82, 2.24) is 4.90 Å². The Hall–Kier alpha value is -1.01. The molecular formula is C16H27NO4S. The van der Waals surface area contributed by atoms with Crippen molar-refractivity contribution in [2.75, 3.05) is 6.61 Å². The van der Waals surface area contributed by atoms with E-state index in [1.807, 2.05) is 13.8 Å². The Morgan fingerprint density at radius 1 is 1.41 bits per heavy atom. The first-order valence-corrected chi connectivity index (χ1v) is 8.45. The Kier molecular flexibility index (Phi) is 6.50. The quantitative estimate of drug-likeness (QED) is 0.840. The third kappa shape index (κ3) is 5.02. The topological polar surface area (TPSA) is 66.8 Å². The van der Waals surface area contributed by atoms with E-state index in [4.69, 9.17) is 4.74 Å². The number of aliphatic hydroxyl groups excluding tert-OH is 1. The molecule has 0 aromatic heterocycles. The van der Waals surface area contributed by atoms with Gasteiger partial charge in [0.15, 0.2) is 0 Å². The molecule has 0 bridgehead atoms. The Labute approximate surface area is 137 Å². The number of thioether (sulfide) groups is 1. The highest BCUT2D eigenvalue weighted by molar-refractivity contribution is 8.03. The van der Waals surface area contributed by atoms with E-state index < -0.39 is 18.1 Å². The van der Waals surface area contributed by atoms with E-state index in [0.717, 1.165) is 4.90 Å². The van der Waals surface area contributed by atoms with Crippen LogP contribution in [0.5, 0.6) is 0 Å². The van der Waals surface area contributed by atoms with Crippen LogP contribution in [0.1, 0.15) is 41.5 Å². The molecule has 0 aromatic rings. The summed E-state index contributed by atoms with van der Waals surface area (Å²) < 4.78 is 5.03. The van der Waals surface area contributed by atoms with Gasteiger partial charge in [0.25, 0.3) is 0 Å². The van der Waals surface area contributed by atoms with Crippen molar-refractivity contribution in [3.8, 4) is 0 Å². The molecule has 1 fully saturated rings. The van der Waals surface area contributed by atoms with E-state index in [1.54, 1.807) is 30.2 Å². The fourth-order valence-corrected chi connectivity index (χ4v) is 2.68. The molecule has 1 aliphatic heterocycles. The minimum atomic E-state index is -0.927. The zero-order valence-electron chi connectivity index (χ0n) is 14.2. The number of amides is 2. The first kappa shape index (κ1) is 19.0. The second kappa shape index (κ2) is 7.51. The number of nitrogens with zero attached hydrogens (tertiary/aromatic N) is 1. The van der Waals surface area contributed by atoms with Gasteiger partial charge >= 0.3 is 6.09 Å². The fourth-order valence-electron chi connectivity index (χ4n) is 2.04. The van der Waals surface area contributed by atoms with Gasteiger partial charge in [-0.15, -0.1) is 11.8 Å². The maximum Gasteiger partial charge on any atom is 0.416 e. The molecule has 0 spiro atoms. The third-order valence-corrected chi connectivity index (χ3v) is 4.51. The second-order valence-electron chi connectivity index (χ2n) is 6.93. The van der Waals surface area contributed by atoms with Crippen LogP contribution < -0.4 is 0 Å². The smallest absolute Gasteiger partial charge is 0.416 e. The number of carbonyl (C=O) groups is 2. The maximum absolute atomic E-state index is 12.5. The molecule has 0 aliphatic carbocycles. The molecule has 0 saturated carbocycles. The number of hydrogen-bond acceptors (Lipinski definition) is 5. The molecule has 22 heavy (non-hydrogen) atoms. The van der Waals surface area contributed by atoms with Crippen LogP contribution in [0.15, 0.2) is 11.5 Å². The molecule has 1 rings (SSSR count). The van der Waals surface area contributed by atoms with Crippen molar-refractivity contribution in [3.05, 3.63) is 11.5 Å². The van der Waals surface area contributed by atoms with E-state index in [-0.39, 0.29) is 29.2 Å². The molecule has 126 valence electrons. The lowest BCUT2D eigenvalue weighted by molar-refractivity contribution is -0.136. The SMILES string of the molecule is CC(C)[C@H]1COC(=O)N1C(=O)[C@H](C)[C@@H](O)/C=C/SC(C)(C)C. The van der Waals surface area contributed by atoms with Crippen molar-refractivity contribution < 1.29 is 19.4 Å². The highest BCUT2D eigenvalue weighted by Gasteiger charge is 2.42. The van der Waals surface area contributed by atoms with E-state index in [0.29, 0.717) is 0 Å². The largest absolute Gasteiger partial charge is 0.447 e. The Morgan fingerprint density at radius 2 is 2.00 bits per heavy atom. The van der Waals surface area contributed by atoms with Gasteiger partial charge in [0, 0.05) is 4.75 Å². The molecule has 0 aromatic carbocycles. The van der Waals surface area contributed by atoms with Gasteiger partial charge in [0.05, 0.1) is 18.1 Å². The van der Waals surface area contributed by atoms with Crippen LogP contribution in [0, 0.1) is 11.8 Å². The Morgan fingerprint density at radius 3 is 2.50 bits per heavy atom. The lowest BCUT2D eigenvalue weighted by Gasteiger charge is -2.26. The summed E-state index contributed by atoms with van der Waals surface area (Å²) in [5.41, 5.74) is 0. The summed E-state index contributed by atoms with van der Waals surface area (Å²) >= 11 is 1.57. The van der Waals surface area contributed by atoms with Crippen LogP contribution >= 0.6 is 11.8 Å². The summed E-state index contributed by atoms with van der Waals surface area (Å²) in [6.45, 7) is 11.9. The van der Waals surface area contributed by atoms with Crippen molar-refractivity contribution in [2.45, 2.75) is 58.4 Å². The molecule has 1 heterocycles. The number of hydrogen-bond donors (Lipinski definition) is 1. The highest BCUT2D eigenvalue weighted by atomic mass is 32.2. The number of carbonyl (C=O) groups excluding carboxylic acids is 2. The maximum atomic E-state index is 12.5. The first-order chi connectivity index (χ1) is 10.0. The molecule has 0 unspecified atom stereocenters. The highest BCUT2D eigenvalue weighted by Crippen LogP contribution is 2.26. The van der Waals surface area contributed by atoms with Crippen LogP contribution in [0.25, 0.3) is 0 Å². The lowest BCUT2D eigenvalue weighted by atomic mass is 9.99. The predicted octanol–water partition coefficient (Wildman–Crippen LogP) is 3.03. The lowest BCUT2D eigenvalue weighted by Crippen LogP contribution is -2.46. The van der Waals surface area contributed by atoms with Crippen LogP contribution in [-0.4, -0.2) is 45.5 Å². The average molecular weight is 329 g/mol. The predicted molar refractivity (Wildman–Crippen MR) is 88.5 cm³/mol. The Bertz CT molecular complexity index is 442. The molecular weight excluding hydrogens is 302 g/mol. The number of rotatable bonds is 5. The third-order valence-electron chi connectivity index (χ3n) is 3.51. The number of cyclic esters (lactones) is 1.